The smallest absolute Gasteiger partial charge is 0.129 e. The molecular weight excluding hydrogens is 236 g/mol. The predicted molar refractivity (Wildman–Crippen MR) is 79.4 cm³/mol. The second kappa shape index (κ2) is 6.38. The van der Waals surface area contributed by atoms with Crippen LogP contribution >= 0.6 is 0 Å². The summed E-state index contributed by atoms with van der Waals surface area (Å²) < 4.78 is 0. The van der Waals surface area contributed by atoms with Crippen molar-refractivity contribution in [3.05, 3.63) is 23.4 Å². The first-order valence-electron chi connectivity index (χ1n) is 7.49. The van der Waals surface area contributed by atoms with E-state index in [1.165, 1.54) is 25.7 Å². The van der Waals surface area contributed by atoms with E-state index in [0.717, 1.165) is 29.4 Å². The van der Waals surface area contributed by atoms with Gasteiger partial charge in [-0.25, -0.2) is 4.98 Å². The van der Waals surface area contributed by atoms with Gasteiger partial charge in [0.2, 0.25) is 0 Å². The van der Waals surface area contributed by atoms with E-state index in [1.54, 1.807) is 0 Å². The average Bonchev–Trinajstić information content (AvgIpc) is 2.46. The van der Waals surface area contributed by atoms with E-state index in [0.29, 0.717) is 6.04 Å². The molecule has 0 radical (unpaired) electrons. The van der Waals surface area contributed by atoms with E-state index in [9.17, 15) is 5.11 Å². The minimum absolute atomic E-state index is 0.0938. The molecule has 0 spiro atoms. The van der Waals surface area contributed by atoms with E-state index in [1.807, 2.05) is 12.1 Å². The fraction of sp³-hybridized carbons (Fsp3) is 0.688. The van der Waals surface area contributed by atoms with Gasteiger partial charge in [0, 0.05) is 18.8 Å². The van der Waals surface area contributed by atoms with Crippen LogP contribution in [-0.4, -0.2) is 23.2 Å². The minimum Gasteiger partial charge on any atom is -0.392 e. The van der Waals surface area contributed by atoms with Crippen LogP contribution in [-0.2, 0) is 13.0 Å². The quantitative estimate of drug-likeness (QED) is 0.905. The van der Waals surface area contributed by atoms with E-state index < -0.39 is 0 Å². The van der Waals surface area contributed by atoms with Crippen LogP contribution in [0.2, 0.25) is 0 Å². The number of aromatic nitrogens is 1. The van der Waals surface area contributed by atoms with Crippen LogP contribution in [0.1, 0.15) is 50.8 Å². The second-order valence-electron chi connectivity index (χ2n) is 5.78. The highest BCUT2D eigenvalue weighted by Crippen LogP contribution is 2.30. The van der Waals surface area contributed by atoms with Gasteiger partial charge in [-0.15, -0.1) is 0 Å². The summed E-state index contributed by atoms with van der Waals surface area (Å²) in [4.78, 5) is 7.05. The van der Waals surface area contributed by atoms with E-state index in [4.69, 9.17) is 4.98 Å². The Labute approximate surface area is 116 Å². The van der Waals surface area contributed by atoms with Gasteiger partial charge >= 0.3 is 0 Å². The van der Waals surface area contributed by atoms with Gasteiger partial charge in [-0.1, -0.05) is 26.7 Å². The number of anilines is 1. The number of rotatable bonds is 4. The number of hydrogen-bond donors (Lipinski definition) is 1. The molecule has 0 aromatic carbocycles. The van der Waals surface area contributed by atoms with Crippen molar-refractivity contribution in [2.75, 3.05) is 11.9 Å². The van der Waals surface area contributed by atoms with Gasteiger partial charge in [-0.2, -0.15) is 0 Å². The van der Waals surface area contributed by atoms with Crippen LogP contribution in [0, 0.1) is 5.92 Å². The lowest BCUT2D eigenvalue weighted by Crippen LogP contribution is -2.39. The first kappa shape index (κ1) is 14.3. The first-order valence-corrected chi connectivity index (χ1v) is 7.49. The third-order valence-electron chi connectivity index (χ3n) is 4.39. The summed E-state index contributed by atoms with van der Waals surface area (Å²) in [6, 6.07) is 4.61. The maximum absolute atomic E-state index is 9.38. The molecule has 0 aliphatic heterocycles. The summed E-state index contributed by atoms with van der Waals surface area (Å²) in [5, 5.41) is 9.38. The van der Waals surface area contributed by atoms with Gasteiger partial charge in [0.1, 0.15) is 5.82 Å². The van der Waals surface area contributed by atoms with Gasteiger partial charge in [0.25, 0.3) is 0 Å². The summed E-state index contributed by atoms with van der Waals surface area (Å²) in [5.41, 5.74) is 2.04. The first-order chi connectivity index (χ1) is 9.15. The highest BCUT2D eigenvalue weighted by Gasteiger charge is 2.26. The normalized spacial score (nSPS) is 23.4. The molecule has 19 heavy (non-hydrogen) atoms. The van der Waals surface area contributed by atoms with Crippen molar-refractivity contribution in [2.24, 2.45) is 5.92 Å². The lowest BCUT2D eigenvalue weighted by Gasteiger charge is -2.37. The Balaban J connectivity index is 2.24. The molecule has 106 valence electrons. The highest BCUT2D eigenvalue weighted by atomic mass is 16.3. The summed E-state index contributed by atoms with van der Waals surface area (Å²) >= 11 is 0. The topological polar surface area (TPSA) is 36.4 Å². The van der Waals surface area contributed by atoms with E-state index in [2.05, 4.69) is 25.8 Å². The van der Waals surface area contributed by atoms with Crippen LogP contribution in [0.25, 0.3) is 0 Å². The molecule has 1 N–H and O–H groups in total. The molecule has 3 heteroatoms. The highest BCUT2D eigenvalue weighted by molar-refractivity contribution is 5.43. The number of aliphatic hydroxyl groups excluding tert-OH is 1. The molecular formula is C16H26N2O. The predicted octanol–water partition coefficient (Wildman–Crippen LogP) is 3.15. The molecule has 1 aromatic heterocycles. The molecule has 2 unspecified atom stereocenters. The van der Waals surface area contributed by atoms with Crippen molar-refractivity contribution in [2.45, 2.75) is 58.6 Å². The van der Waals surface area contributed by atoms with Crippen molar-refractivity contribution >= 4 is 5.82 Å². The van der Waals surface area contributed by atoms with Gasteiger partial charge in [0.05, 0.1) is 6.61 Å². The average molecular weight is 262 g/mol. The van der Waals surface area contributed by atoms with Crippen LogP contribution in [0.3, 0.4) is 0 Å². The monoisotopic (exact) mass is 262 g/mol. The molecule has 2 rings (SSSR count). The third kappa shape index (κ3) is 3.27. The molecule has 1 saturated carbocycles. The molecule has 1 aliphatic carbocycles. The van der Waals surface area contributed by atoms with E-state index in [-0.39, 0.29) is 6.61 Å². The van der Waals surface area contributed by atoms with Crippen molar-refractivity contribution < 1.29 is 5.11 Å². The zero-order valence-corrected chi connectivity index (χ0v) is 12.4. The van der Waals surface area contributed by atoms with E-state index >= 15 is 0 Å². The third-order valence-corrected chi connectivity index (χ3v) is 4.39. The Morgan fingerprint density at radius 3 is 2.68 bits per heavy atom. The molecule has 1 aromatic rings. The lowest BCUT2D eigenvalue weighted by atomic mass is 9.85. The number of aliphatic hydroxyl groups is 1. The van der Waals surface area contributed by atoms with Crippen molar-refractivity contribution in [3.8, 4) is 0 Å². The van der Waals surface area contributed by atoms with Gasteiger partial charge in [0.15, 0.2) is 0 Å². The zero-order chi connectivity index (χ0) is 13.8. The van der Waals surface area contributed by atoms with Gasteiger partial charge < -0.3 is 10.0 Å². The summed E-state index contributed by atoms with van der Waals surface area (Å²) in [6.45, 7) is 4.55. The van der Waals surface area contributed by atoms with Crippen LogP contribution in [0.15, 0.2) is 12.1 Å². The van der Waals surface area contributed by atoms with Crippen LogP contribution in [0.5, 0.6) is 0 Å². The Hall–Kier alpha value is -1.09. The SMILES string of the molecule is CCc1cc(CO)cc(N(C)C2CCCCC2C)n1. The lowest BCUT2D eigenvalue weighted by molar-refractivity contribution is 0.281. The van der Waals surface area contributed by atoms with Crippen molar-refractivity contribution in [1.82, 2.24) is 4.98 Å². The maximum atomic E-state index is 9.38. The Kier molecular flexibility index (Phi) is 4.81. The Morgan fingerprint density at radius 2 is 2.05 bits per heavy atom. The molecule has 0 amide bonds. The fourth-order valence-electron chi connectivity index (χ4n) is 3.13. The summed E-state index contributed by atoms with van der Waals surface area (Å²) in [7, 11) is 2.15. The molecule has 0 bridgehead atoms. The largest absolute Gasteiger partial charge is 0.392 e. The fourth-order valence-corrected chi connectivity index (χ4v) is 3.13. The van der Waals surface area contributed by atoms with Crippen molar-refractivity contribution in [1.29, 1.82) is 0 Å². The van der Waals surface area contributed by atoms with Gasteiger partial charge in [-0.05, 0) is 42.9 Å². The Bertz CT molecular complexity index is 397. The standard InChI is InChI=1S/C16H26N2O/c1-4-14-9-13(11-19)10-16(17-14)18(3)15-8-6-5-7-12(15)2/h9-10,12,15,19H,4-8,11H2,1-3H3. The molecule has 0 saturated heterocycles. The number of pyridine rings is 1. The summed E-state index contributed by atoms with van der Waals surface area (Å²) in [6.07, 6.45) is 6.16. The Morgan fingerprint density at radius 1 is 1.32 bits per heavy atom. The molecule has 3 nitrogen and oxygen atoms in total. The minimum atomic E-state index is 0.0938. The van der Waals surface area contributed by atoms with Crippen LogP contribution in [0.4, 0.5) is 5.82 Å². The molecule has 2 atom stereocenters. The van der Waals surface area contributed by atoms with Crippen molar-refractivity contribution in [3.63, 3.8) is 0 Å². The molecule has 1 fully saturated rings. The molecule has 1 heterocycles. The second-order valence-corrected chi connectivity index (χ2v) is 5.78. The zero-order valence-electron chi connectivity index (χ0n) is 12.4. The number of aryl methyl sites for hydroxylation is 1. The number of hydrogen-bond acceptors (Lipinski definition) is 3. The van der Waals surface area contributed by atoms with Crippen LogP contribution < -0.4 is 4.90 Å². The van der Waals surface area contributed by atoms with Gasteiger partial charge in [-0.3, -0.25) is 0 Å². The molecule has 1 aliphatic rings. The summed E-state index contributed by atoms with van der Waals surface area (Å²) in [5.74, 6) is 1.74. The maximum Gasteiger partial charge on any atom is 0.129 e. The number of nitrogens with zero attached hydrogens (tertiary/aromatic N) is 2.